The van der Waals surface area contributed by atoms with Crippen LogP contribution in [0.4, 0.5) is 0 Å². The standard InChI is InChI=1S/C23H23BrN4O3/c1-4-15(3)22-27-19-8-7-17(24)13-18(19)23(29)28(22)26-14-16-6-9-20(31-11-10-25)21(12-16)30-5-2/h6-9,12-15H,4-5,11H2,1-3H3/t15-/m1/s1. The van der Waals surface area contributed by atoms with Crippen molar-refractivity contribution in [2.45, 2.75) is 33.1 Å². The van der Waals surface area contributed by atoms with Crippen LogP contribution in [0.3, 0.4) is 0 Å². The molecule has 1 aromatic heterocycles. The largest absolute Gasteiger partial charge is 0.490 e. The molecular formula is C23H23BrN4O3. The fourth-order valence-electron chi connectivity index (χ4n) is 3.01. The second-order valence-electron chi connectivity index (χ2n) is 6.89. The third kappa shape index (κ3) is 5.12. The van der Waals surface area contributed by atoms with E-state index in [1.54, 1.807) is 30.5 Å². The van der Waals surface area contributed by atoms with E-state index in [0.717, 1.165) is 16.5 Å². The van der Waals surface area contributed by atoms with Gasteiger partial charge in [0.15, 0.2) is 18.1 Å². The van der Waals surface area contributed by atoms with Crippen molar-refractivity contribution in [2.24, 2.45) is 5.10 Å². The molecule has 31 heavy (non-hydrogen) atoms. The lowest BCUT2D eigenvalue weighted by atomic mass is 10.1. The van der Waals surface area contributed by atoms with Gasteiger partial charge in [-0.3, -0.25) is 4.79 Å². The Balaban J connectivity index is 2.07. The average molecular weight is 483 g/mol. The summed E-state index contributed by atoms with van der Waals surface area (Å²) in [5.74, 6) is 1.66. The first-order valence-electron chi connectivity index (χ1n) is 10.0. The number of rotatable bonds is 8. The Labute approximate surface area is 189 Å². The smallest absolute Gasteiger partial charge is 0.282 e. The Bertz CT molecular complexity index is 1210. The van der Waals surface area contributed by atoms with Crippen molar-refractivity contribution in [1.29, 1.82) is 5.26 Å². The van der Waals surface area contributed by atoms with Crippen LogP contribution in [-0.4, -0.2) is 29.1 Å². The van der Waals surface area contributed by atoms with Crippen molar-refractivity contribution >= 4 is 33.0 Å². The van der Waals surface area contributed by atoms with E-state index in [1.165, 1.54) is 4.68 Å². The molecule has 0 aliphatic carbocycles. The summed E-state index contributed by atoms with van der Waals surface area (Å²) in [6, 6.07) is 12.7. The van der Waals surface area contributed by atoms with Gasteiger partial charge in [0.1, 0.15) is 11.9 Å². The molecule has 1 atom stereocenters. The summed E-state index contributed by atoms with van der Waals surface area (Å²) < 4.78 is 13.2. The molecule has 1 heterocycles. The number of aromatic nitrogens is 2. The van der Waals surface area contributed by atoms with Gasteiger partial charge in [0.2, 0.25) is 0 Å². The lowest BCUT2D eigenvalue weighted by Crippen LogP contribution is -2.23. The minimum absolute atomic E-state index is 0.0543. The van der Waals surface area contributed by atoms with Crippen LogP contribution in [0.15, 0.2) is 50.8 Å². The molecule has 0 radical (unpaired) electrons. The highest BCUT2D eigenvalue weighted by Crippen LogP contribution is 2.28. The average Bonchev–Trinajstić information content (AvgIpc) is 2.77. The van der Waals surface area contributed by atoms with E-state index in [0.29, 0.717) is 34.8 Å². The van der Waals surface area contributed by atoms with Crippen LogP contribution >= 0.6 is 15.9 Å². The third-order valence-electron chi connectivity index (χ3n) is 4.77. The summed E-state index contributed by atoms with van der Waals surface area (Å²) in [5, 5.41) is 13.7. The van der Waals surface area contributed by atoms with Gasteiger partial charge in [0, 0.05) is 10.4 Å². The van der Waals surface area contributed by atoms with E-state index in [1.807, 2.05) is 39.0 Å². The van der Waals surface area contributed by atoms with Gasteiger partial charge in [0.25, 0.3) is 5.56 Å². The van der Waals surface area contributed by atoms with E-state index in [-0.39, 0.29) is 18.1 Å². The molecule has 0 bridgehead atoms. The van der Waals surface area contributed by atoms with Crippen molar-refractivity contribution in [3.63, 3.8) is 0 Å². The van der Waals surface area contributed by atoms with Gasteiger partial charge in [-0.15, -0.1) is 0 Å². The number of nitriles is 1. The summed E-state index contributed by atoms with van der Waals surface area (Å²) in [6.07, 6.45) is 2.42. The zero-order valence-electron chi connectivity index (χ0n) is 17.6. The minimum Gasteiger partial charge on any atom is -0.490 e. The zero-order valence-corrected chi connectivity index (χ0v) is 19.2. The molecule has 0 fully saturated rings. The molecular weight excluding hydrogens is 460 g/mol. The Morgan fingerprint density at radius 2 is 2.03 bits per heavy atom. The van der Waals surface area contributed by atoms with Gasteiger partial charge in [-0.25, -0.2) is 4.98 Å². The molecule has 0 unspecified atom stereocenters. The van der Waals surface area contributed by atoms with E-state index >= 15 is 0 Å². The number of benzene rings is 2. The summed E-state index contributed by atoms with van der Waals surface area (Å²) in [5.41, 5.74) is 1.15. The first-order chi connectivity index (χ1) is 15.0. The van der Waals surface area contributed by atoms with Gasteiger partial charge < -0.3 is 9.47 Å². The lowest BCUT2D eigenvalue weighted by molar-refractivity contribution is 0.298. The van der Waals surface area contributed by atoms with E-state index in [2.05, 4.69) is 21.0 Å². The minimum atomic E-state index is -0.225. The molecule has 0 saturated heterocycles. The van der Waals surface area contributed by atoms with Gasteiger partial charge in [-0.2, -0.15) is 15.0 Å². The second kappa shape index (κ2) is 10.2. The second-order valence-corrected chi connectivity index (χ2v) is 7.80. The van der Waals surface area contributed by atoms with Crippen LogP contribution in [-0.2, 0) is 0 Å². The third-order valence-corrected chi connectivity index (χ3v) is 5.26. The summed E-state index contributed by atoms with van der Waals surface area (Å²) in [6.45, 7) is 6.31. The molecule has 160 valence electrons. The predicted molar refractivity (Wildman–Crippen MR) is 124 cm³/mol. The quantitative estimate of drug-likeness (QED) is 0.427. The Kier molecular flexibility index (Phi) is 7.42. The van der Waals surface area contributed by atoms with E-state index in [9.17, 15) is 4.79 Å². The number of halogens is 1. The SMILES string of the molecule is CCOc1cc(C=Nn2c([C@H](C)CC)nc3ccc(Br)cc3c2=O)ccc1OCC#N. The first kappa shape index (κ1) is 22.5. The van der Waals surface area contributed by atoms with Crippen LogP contribution in [0.1, 0.15) is 44.5 Å². The lowest BCUT2D eigenvalue weighted by Gasteiger charge is -2.14. The van der Waals surface area contributed by atoms with Gasteiger partial charge in [-0.1, -0.05) is 29.8 Å². The van der Waals surface area contributed by atoms with E-state index < -0.39 is 0 Å². The molecule has 0 N–H and O–H groups in total. The maximum absolute atomic E-state index is 13.2. The van der Waals surface area contributed by atoms with Crippen molar-refractivity contribution < 1.29 is 9.47 Å². The maximum Gasteiger partial charge on any atom is 0.282 e. The maximum atomic E-state index is 13.2. The summed E-state index contributed by atoms with van der Waals surface area (Å²) in [7, 11) is 0. The molecule has 3 rings (SSSR count). The molecule has 7 nitrogen and oxygen atoms in total. The molecule has 0 amide bonds. The van der Waals surface area contributed by atoms with E-state index in [4.69, 9.17) is 19.7 Å². The predicted octanol–water partition coefficient (Wildman–Crippen LogP) is 4.86. The zero-order chi connectivity index (χ0) is 22.4. The normalized spacial score (nSPS) is 12.1. The van der Waals surface area contributed by atoms with Crippen molar-refractivity contribution in [1.82, 2.24) is 9.66 Å². The Morgan fingerprint density at radius 3 is 2.74 bits per heavy atom. The molecule has 3 aromatic rings. The van der Waals surface area contributed by atoms with Crippen LogP contribution < -0.4 is 15.0 Å². The molecule has 0 aliphatic rings. The fraction of sp³-hybridized carbons (Fsp3) is 0.304. The van der Waals surface area contributed by atoms with Crippen LogP contribution in [0.5, 0.6) is 11.5 Å². The van der Waals surface area contributed by atoms with Gasteiger partial charge >= 0.3 is 0 Å². The summed E-state index contributed by atoms with van der Waals surface area (Å²) in [4.78, 5) is 17.9. The summed E-state index contributed by atoms with van der Waals surface area (Å²) >= 11 is 3.42. The van der Waals surface area contributed by atoms with Crippen LogP contribution in [0, 0.1) is 11.3 Å². The topological polar surface area (TPSA) is 89.5 Å². The van der Waals surface area contributed by atoms with Crippen molar-refractivity contribution in [2.75, 3.05) is 13.2 Å². The van der Waals surface area contributed by atoms with Gasteiger partial charge in [0.05, 0.1) is 23.7 Å². The molecule has 0 saturated carbocycles. The highest BCUT2D eigenvalue weighted by molar-refractivity contribution is 9.10. The van der Waals surface area contributed by atoms with Crippen LogP contribution in [0.25, 0.3) is 10.9 Å². The Hall–Kier alpha value is -3.18. The number of nitrogens with zero attached hydrogens (tertiary/aromatic N) is 4. The molecule has 0 aliphatic heterocycles. The van der Waals surface area contributed by atoms with Crippen molar-refractivity contribution in [3.8, 4) is 17.6 Å². The molecule has 0 spiro atoms. The fourth-order valence-corrected chi connectivity index (χ4v) is 3.37. The van der Waals surface area contributed by atoms with Crippen molar-refractivity contribution in [3.05, 3.63) is 62.6 Å². The van der Waals surface area contributed by atoms with Crippen LogP contribution in [0.2, 0.25) is 0 Å². The molecule has 2 aromatic carbocycles. The first-order valence-corrected chi connectivity index (χ1v) is 10.8. The highest BCUT2D eigenvalue weighted by atomic mass is 79.9. The number of fused-ring (bicyclic) bond motifs is 1. The molecule has 8 heteroatoms. The highest BCUT2D eigenvalue weighted by Gasteiger charge is 2.15. The number of hydrogen-bond acceptors (Lipinski definition) is 6. The monoisotopic (exact) mass is 482 g/mol. The van der Waals surface area contributed by atoms with Gasteiger partial charge in [-0.05, 0) is 55.3 Å². The number of hydrogen-bond donors (Lipinski definition) is 0. The number of ether oxygens (including phenoxy) is 2. The Morgan fingerprint density at radius 1 is 1.23 bits per heavy atom.